The van der Waals surface area contributed by atoms with Crippen LogP contribution in [0.5, 0.6) is 23.0 Å². The number of anilines is 2. The Morgan fingerprint density at radius 3 is 1.90 bits per heavy atom. The van der Waals surface area contributed by atoms with E-state index in [0.29, 0.717) is 33.9 Å². The van der Waals surface area contributed by atoms with Crippen LogP contribution in [-0.2, 0) is 29.6 Å². The molecule has 22 heteroatoms. The van der Waals surface area contributed by atoms with Gasteiger partial charge in [-0.25, -0.2) is 5.26 Å². The molecule has 0 aliphatic carbocycles. The van der Waals surface area contributed by atoms with E-state index < -0.39 is 46.9 Å². The summed E-state index contributed by atoms with van der Waals surface area (Å²) in [5, 5.41) is 58.7. The molecule has 6 aromatic carbocycles. The Hall–Kier alpha value is -6.11. The number of rotatable bonds is 12. The Morgan fingerprint density at radius 1 is 0.690 bits per heavy atom. The lowest BCUT2D eigenvalue weighted by Crippen LogP contribution is -2.16. The van der Waals surface area contributed by atoms with Crippen molar-refractivity contribution in [3.63, 3.8) is 0 Å². The molecule has 0 fully saturated rings. The summed E-state index contributed by atoms with van der Waals surface area (Å²) < 4.78 is 84.2. The summed E-state index contributed by atoms with van der Waals surface area (Å²) in [4.78, 5) is -1.33. The highest BCUT2D eigenvalue weighted by Crippen LogP contribution is 2.49. The first-order chi connectivity index (χ1) is 27.6. The van der Waals surface area contributed by atoms with E-state index in [1.165, 1.54) is 32.4 Å². The third kappa shape index (κ3) is 7.65. The minimum atomic E-state index is -5.03. The molecule has 0 radical (unpaired) electrons. The smallest absolute Gasteiger partial charge is 0.296 e. The van der Waals surface area contributed by atoms with Gasteiger partial charge in [0.25, 0.3) is 20.2 Å². The molecule has 1 atom stereocenters. The maximum Gasteiger partial charge on any atom is 0.296 e. The number of fused-ring (bicyclic) bond motifs is 4. The molecule has 0 bridgehead atoms. The predicted octanol–water partition coefficient (Wildman–Crippen LogP) is 9.02. The monoisotopic (exact) mass is 850 g/mol. The van der Waals surface area contributed by atoms with Crippen LogP contribution in [0, 0.1) is 0 Å². The quantitative estimate of drug-likeness (QED) is 0.0199. The molecule has 0 spiro atoms. The Bertz CT molecular complexity index is 2930. The highest BCUT2D eigenvalue weighted by Gasteiger charge is 2.27. The Labute approximate surface area is 333 Å². The van der Waals surface area contributed by atoms with Crippen molar-refractivity contribution in [1.82, 2.24) is 0 Å². The number of phenols is 2. The van der Waals surface area contributed by atoms with Gasteiger partial charge in [0.1, 0.15) is 44.0 Å². The van der Waals surface area contributed by atoms with Crippen molar-refractivity contribution in [2.75, 3.05) is 24.9 Å². The molecule has 300 valence electrons. The van der Waals surface area contributed by atoms with E-state index in [1.807, 2.05) is 13.0 Å². The molecule has 7 rings (SSSR count). The topological polar surface area (TPSA) is 280 Å². The summed E-state index contributed by atoms with van der Waals surface area (Å²) in [6.07, 6.45) is -0.0513. The van der Waals surface area contributed by atoms with Crippen molar-refractivity contribution >= 4 is 87.9 Å². The Kier molecular flexibility index (Phi) is 10.8. The normalized spacial score (nSPS) is 14.3. The van der Waals surface area contributed by atoms with E-state index in [4.69, 9.17) is 14.7 Å². The maximum atomic E-state index is 12.3. The maximum absolute atomic E-state index is 12.3. The van der Waals surface area contributed by atoms with E-state index in [-0.39, 0.29) is 50.8 Å². The second-order valence-electron chi connectivity index (χ2n) is 12.4. The standard InChI is InChI=1S/C36H30N6O13S3/c1-17-37-25-12-9-21-22(32(25)38-17)16-28(56-55-54-45)33(35(21)43)41-39-23-10-7-18(13-26(23)52-2)19-8-11-24(27(14-19)53-3)40-42-34-30(58(49,50)51)15-20-5-4-6-29(57(46,47)48)31(20)36(34)44/h4-17,37-38,43-45H,1-3H3,(H,46,47,48)(H,49,50,51). The second-order valence-corrected chi connectivity index (χ2v) is 16.0. The SMILES string of the molecule is COc1cc(-c2ccc(N=Nc3c(S(=O)(=O)O)cc4cccc(S(=O)(=O)O)c4c3O)c(OC)c2)ccc1N=Nc1c(SOOO)cc2c3c(ccc2c1O)NC(C)N3. The van der Waals surface area contributed by atoms with Crippen LogP contribution in [0.15, 0.2) is 114 Å². The molecular formula is C36H30N6O13S3. The van der Waals surface area contributed by atoms with Gasteiger partial charge >= 0.3 is 0 Å². The van der Waals surface area contributed by atoms with Gasteiger partial charge in [0.15, 0.2) is 11.5 Å². The number of methoxy groups -OCH3 is 2. The van der Waals surface area contributed by atoms with Gasteiger partial charge in [-0.3, -0.25) is 9.11 Å². The van der Waals surface area contributed by atoms with Crippen molar-refractivity contribution in [3.05, 3.63) is 78.9 Å². The van der Waals surface area contributed by atoms with Crippen LogP contribution in [0.3, 0.4) is 0 Å². The molecule has 19 nitrogen and oxygen atoms in total. The number of nitrogens with one attached hydrogen (secondary N) is 2. The highest BCUT2D eigenvalue weighted by molar-refractivity contribution is 7.94. The largest absolute Gasteiger partial charge is 0.505 e. The Morgan fingerprint density at radius 2 is 1.31 bits per heavy atom. The molecule has 0 amide bonds. The second kappa shape index (κ2) is 15.7. The number of phenolic OH excluding ortho intramolecular Hbond substituents is 2. The van der Waals surface area contributed by atoms with Crippen molar-refractivity contribution in [1.29, 1.82) is 0 Å². The molecule has 1 unspecified atom stereocenters. The van der Waals surface area contributed by atoms with Gasteiger partial charge in [-0.1, -0.05) is 29.3 Å². The molecule has 1 heterocycles. The highest BCUT2D eigenvalue weighted by atomic mass is 32.2. The average molecular weight is 851 g/mol. The number of azo groups is 2. The predicted molar refractivity (Wildman–Crippen MR) is 212 cm³/mol. The molecule has 7 N–H and O–H groups in total. The van der Waals surface area contributed by atoms with Gasteiger partial charge in [0.05, 0.1) is 48.7 Å². The van der Waals surface area contributed by atoms with Crippen LogP contribution >= 0.6 is 12.0 Å². The number of aromatic hydroxyl groups is 2. The lowest BCUT2D eigenvalue weighted by atomic mass is 10.0. The fraction of sp³-hybridized carbons (Fsp3) is 0.111. The summed E-state index contributed by atoms with van der Waals surface area (Å²) >= 11 is 0.605. The molecule has 58 heavy (non-hydrogen) atoms. The molecular weight excluding hydrogens is 821 g/mol. The molecule has 0 saturated heterocycles. The van der Waals surface area contributed by atoms with Crippen LogP contribution in [-0.4, -0.2) is 61.8 Å². The zero-order valence-electron chi connectivity index (χ0n) is 30.1. The first-order valence-electron chi connectivity index (χ1n) is 16.6. The van der Waals surface area contributed by atoms with E-state index in [0.717, 1.165) is 23.5 Å². The van der Waals surface area contributed by atoms with Gasteiger partial charge in [-0.2, -0.15) is 16.8 Å². The van der Waals surface area contributed by atoms with Crippen LogP contribution in [0.1, 0.15) is 6.92 Å². The first kappa shape index (κ1) is 40.1. The summed E-state index contributed by atoms with van der Waals surface area (Å²) in [6, 6.07) is 19.2. The van der Waals surface area contributed by atoms with Crippen molar-refractivity contribution in [2.45, 2.75) is 27.8 Å². The van der Waals surface area contributed by atoms with Crippen LogP contribution < -0.4 is 20.1 Å². The number of benzene rings is 6. The summed E-state index contributed by atoms with van der Waals surface area (Å²) in [5.74, 6) is -0.771. The van der Waals surface area contributed by atoms with E-state index >= 15 is 0 Å². The fourth-order valence-corrected chi connectivity index (χ4v) is 8.22. The number of nitrogens with zero attached hydrogens (tertiary/aromatic N) is 4. The minimum Gasteiger partial charge on any atom is -0.505 e. The molecule has 6 aromatic rings. The summed E-state index contributed by atoms with van der Waals surface area (Å²) in [7, 11) is -7.15. The molecule has 1 aliphatic rings. The van der Waals surface area contributed by atoms with Gasteiger partial charge in [-0.15, -0.1) is 24.8 Å². The van der Waals surface area contributed by atoms with Gasteiger partial charge in [0.2, 0.25) is 0 Å². The zero-order chi connectivity index (χ0) is 41.5. The van der Waals surface area contributed by atoms with Gasteiger partial charge < -0.3 is 30.3 Å². The lowest BCUT2D eigenvalue weighted by Gasteiger charge is -2.12. The van der Waals surface area contributed by atoms with E-state index in [9.17, 15) is 36.2 Å². The summed E-state index contributed by atoms with van der Waals surface area (Å²) in [6.45, 7) is 1.94. The fourth-order valence-electron chi connectivity index (χ4n) is 6.36. The lowest BCUT2D eigenvalue weighted by molar-refractivity contribution is -0.432. The van der Waals surface area contributed by atoms with Crippen molar-refractivity contribution in [3.8, 4) is 34.1 Å². The number of hydrogen-bond donors (Lipinski definition) is 7. The van der Waals surface area contributed by atoms with Crippen molar-refractivity contribution in [2.24, 2.45) is 20.5 Å². The van der Waals surface area contributed by atoms with Gasteiger partial charge in [-0.05, 0) is 78.0 Å². The number of hydrogen-bond acceptors (Lipinski definition) is 18. The van der Waals surface area contributed by atoms with Crippen LogP contribution in [0.2, 0.25) is 0 Å². The van der Waals surface area contributed by atoms with Crippen molar-refractivity contribution < 1.29 is 60.3 Å². The van der Waals surface area contributed by atoms with E-state index in [2.05, 4.69) is 40.5 Å². The van der Waals surface area contributed by atoms with Crippen LogP contribution in [0.4, 0.5) is 34.1 Å². The van der Waals surface area contributed by atoms with Gasteiger partial charge in [0, 0.05) is 16.2 Å². The molecule has 1 aliphatic heterocycles. The first-order valence-corrected chi connectivity index (χ1v) is 20.2. The average Bonchev–Trinajstić information content (AvgIpc) is 3.59. The summed E-state index contributed by atoms with van der Waals surface area (Å²) in [5.41, 5.74) is 2.32. The Balaban J connectivity index is 1.22. The minimum absolute atomic E-state index is 0.0220. The van der Waals surface area contributed by atoms with Crippen LogP contribution in [0.25, 0.3) is 32.7 Å². The third-order valence-electron chi connectivity index (χ3n) is 8.92. The number of ether oxygens (including phenoxy) is 2. The molecule has 0 saturated carbocycles. The third-order valence-corrected chi connectivity index (χ3v) is 11.3. The zero-order valence-corrected chi connectivity index (χ0v) is 32.5. The molecule has 0 aromatic heterocycles. The van der Waals surface area contributed by atoms with E-state index in [1.54, 1.807) is 42.5 Å².